The first-order valence-electron chi connectivity index (χ1n) is 13.7. The molecular formula is C35H33Br. The molecule has 0 heterocycles. The summed E-state index contributed by atoms with van der Waals surface area (Å²) in [6.45, 7) is 5.05. The number of hydrogen-bond donors (Lipinski definition) is 0. The van der Waals surface area contributed by atoms with Crippen LogP contribution < -0.4 is 0 Å². The van der Waals surface area contributed by atoms with Crippen LogP contribution in [-0.2, 0) is 5.41 Å². The molecule has 3 aliphatic carbocycles. The van der Waals surface area contributed by atoms with E-state index in [0.717, 1.165) is 22.2 Å². The lowest BCUT2D eigenvalue weighted by Gasteiger charge is -2.54. The van der Waals surface area contributed by atoms with E-state index in [0.29, 0.717) is 5.92 Å². The Bertz CT molecular complexity index is 1450. The van der Waals surface area contributed by atoms with Gasteiger partial charge in [-0.15, -0.1) is 0 Å². The molecule has 7 rings (SSSR count). The quantitative estimate of drug-likeness (QED) is 0.240. The van der Waals surface area contributed by atoms with E-state index in [1.165, 1.54) is 59.1 Å². The summed E-state index contributed by atoms with van der Waals surface area (Å²) in [5.41, 5.74) is 11.5. The molecular weight excluding hydrogens is 500 g/mol. The second kappa shape index (κ2) is 8.45. The zero-order valence-corrected chi connectivity index (χ0v) is 22.8. The van der Waals surface area contributed by atoms with Crippen molar-refractivity contribution in [1.29, 1.82) is 0 Å². The molecule has 2 saturated carbocycles. The van der Waals surface area contributed by atoms with Crippen molar-refractivity contribution in [3.05, 3.63) is 107 Å². The summed E-state index contributed by atoms with van der Waals surface area (Å²) in [5.74, 6) is 3.12. The maximum Gasteiger partial charge on any atom is 0.0269 e. The number of benzene rings is 4. The highest BCUT2D eigenvalue weighted by atomic mass is 79.9. The number of halogens is 1. The van der Waals surface area contributed by atoms with Crippen molar-refractivity contribution < 1.29 is 0 Å². The van der Waals surface area contributed by atoms with Gasteiger partial charge in [-0.2, -0.15) is 0 Å². The Morgan fingerprint density at radius 3 is 2.22 bits per heavy atom. The fraction of sp³-hybridized carbons (Fsp3) is 0.314. The Kier molecular flexibility index (Phi) is 5.29. The minimum absolute atomic E-state index is 0.140. The fourth-order valence-electron chi connectivity index (χ4n) is 8.55. The second-order valence-electron chi connectivity index (χ2n) is 11.7. The maximum atomic E-state index is 3.84. The van der Waals surface area contributed by atoms with E-state index in [1.807, 2.05) is 0 Å². The van der Waals surface area contributed by atoms with Gasteiger partial charge >= 0.3 is 0 Å². The second-order valence-corrected chi connectivity index (χ2v) is 12.7. The van der Waals surface area contributed by atoms with Crippen LogP contribution in [0.3, 0.4) is 0 Å². The Balaban J connectivity index is 1.47. The number of rotatable bonds is 2. The van der Waals surface area contributed by atoms with Crippen molar-refractivity contribution in [2.45, 2.75) is 44.9 Å². The summed E-state index contributed by atoms with van der Waals surface area (Å²) < 4.78 is 1.13. The molecule has 5 unspecified atom stereocenters. The van der Waals surface area contributed by atoms with Gasteiger partial charge in [0.15, 0.2) is 0 Å². The summed E-state index contributed by atoms with van der Waals surface area (Å²) in [7, 11) is 0. The molecule has 4 aromatic rings. The summed E-state index contributed by atoms with van der Waals surface area (Å²) in [6, 6.07) is 34.2. The Morgan fingerprint density at radius 1 is 0.639 bits per heavy atom. The van der Waals surface area contributed by atoms with E-state index in [1.54, 1.807) is 11.1 Å². The molecule has 5 atom stereocenters. The van der Waals surface area contributed by atoms with Gasteiger partial charge in [-0.05, 0) is 112 Å². The zero-order valence-electron chi connectivity index (χ0n) is 21.2. The Hall–Kier alpha value is -2.64. The van der Waals surface area contributed by atoms with E-state index in [-0.39, 0.29) is 5.41 Å². The average Bonchev–Trinajstić information content (AvgIpc) is 3.19. The third-order valence-electron chi connectivity index (χ3n) is 9.62. The van der Waals surface area contributed by atoms with Crippen molar-refractivity contribution in [1.82, 2.24) is 0 Å². The summed E-state index contributed by atoms with van der Waals surface area (Å²) in [4.78, 5) is 0. The topological polar surface area (TPSA) is 0 Å². The van der Waals surface area contributed by atoms with Gasteiger partial charge in [0, 0.05) is 9.89 Å². The minimum Gasteiger partial charge on any atom is -0.0625 e. The SMILES string of the molecule is CC1CC2CC(C)C3(c4ccccc4-c4c(-c5cc(Br)cc(-c6ccccc6)c5)cccc43)C(C1)C2. The van der Waals surface area contributed by atoms with Gasteiger partial charge in [0.25, 0.3) is 0 Å². The van der Waals surface area contributed by atoms with Gasteiger partial charge < -0.3 is 0 Å². The van der Waals surface area contributed by atoms with E-state index in [4.69, 9.17) is 0 Å². The molecule has 0 amide bonds. The van der Waals surface area contributed by atoms with E-state index >= 15 is 0 Å². The van der Waals surface area contributed by atoms with Crippen LogP contribution in [0.25, 0.3) is 33.4 Å². The molecule has 36 heavy (non-hydrogen) atoms. The summed E-state index contributed by atoms with van der Waals surface area (Å²) >= 11 is 3.84. The van der Waals surface area contributed by atoms with Crippen molar-refractivity contribution in [3.63, 3.8) is 0 Å². The average molecular weight is 534 g/mol. The van der Waals surface area contributed by atoms with E-state index in [2.05, 4.69) is 121 Å². The highest BCUT2D eigenvalue weighted by molar-refractivity contribution is 9.10. The van der Waals surface area contributed by atoms with Crippen LogP contribution >= 0.6 is 15.9 Å². The lowest BCUT2D eigenvalue weighted by Crippen LogP contribution is -2.49. The molecule has 2 bridgehead atoms. The molecule has 0 aliphatic heterocycles. The van der Waals surface area contributed by atoms with Gasteiger partial charge in [0.1, 0.15) is 0 Å². The standard InChI is InChI=1S/C35H33Br/c1-22-15-24-17-23(2)35(28(16-22)18-24)32-13-7-6-11-31(32)34-30(12-8-14-33(34)35)27-19-26(20-29(36)21-27)25-9-4-3-5-10-25/h3-14,19-24,28H,15-18H2,1-2H3. The van der Waals surface area contributed by atoms with Crippen LogP contribution in [0.4, 0.5) is 0 Å². The van der Waals surface area contributed by atoms with Crippen LogP contribution in [0.5, 0.6) is 0 Å². The van der Waals surface area contributed by atoms with Gasteiger partial charge in [-0.25, -0.2) is 0 Å². The molecule has 180 valence electrons. The third kappa shape index (κ3) is 3.25. The molecule has 4 aromatic carbocycles. The van der Waals surface area contributed by atoms with Gasteiger partial charge in [0.2, 0.25) is 0 Å². The summed E-state index contributed by atoms with van der Waals surface area (Å²) in [5, 5.41) is 0. The van der Waals surface area contributed by atoms with Crippen LogP contribution in [0.2, 0.25) is 0 Å². The minimum atomic E-state index is 0.140. The van der Waals surface area contributed by atoms with Crippen LogP contribution in [0, 0.1) is 23.7 Å². The summed E-state index contributed by atoms with van der Waals surface area (Å²) in [6.07, 6.45) is 5.52. The molecule has 0 N–H and O–H groups in total. The molecule has 0 radical (unpaired) electrons. The first-order chi connectivity index (χ1) is 17.6. The lowest BCUT2D eigenvalue weighted by atomic mass is 9.49. The smallest absolute Gasteiger partial charge is 0.0269 e. The Morgan fingerprint density at radius 2 is 1.36 bits per heavy atom. The maximum absolute atomic E-state index is 3.84. The molecule has 1 heteroatoms. The van der Waals surface area contributed by atoms with E-state index in [9.17, 15) is 0 Å². The lowest BCUT2D eigenvalue weighted by molar-refractivity contribution is 0.0426. The van der Waals surface area contributed by atoms with Crippen molar-refractivity contribution in [3.8, 4) is 33.4 Å². The first-order valence-corrected chi connectivity index (χ1v) is 14.4. The predicted molar refractivity (Wildman–Crippen MR) is 155 cm³/mol. The van der Waals surface area contributed by atoms with Crippen molar-refractivity contribution >= 4 is 15.9 Å². The normalized spacial score (nSPS) is 28.1. The van der Waals surface area contributed by atoms with Crippen molar-refractivity contribution in [2.75, 3.05) is 0 Å². The van der Waals surface area contributed by atoms with Gasteiger partial charge in [-0.3, -0.25) is 0 Å². The molecule has 0 saturated heterocycles. The highest BCUT2D eigenvalue weighted by Crippen LogP contribution is 2.65. The van der Waals surface area contributed by atoms with Gasteiger partial charge in [0.05, 0.1) is 0 Å². The molecule has 1 spiro atoms. The Labute approximate surface area is 223 Å². The monoisotopic (exact) mass is 532 g/mol. The van der Waals surface area contributed by atoms with Crippen LogP contribution in [0.1, 0.15) is 50.7 Å². The highest BCUT2D eigenvalue weighted by Gasteiger charge is 2.56. The fourth-order valence-corrected chi connectivity index (χ4v) is 9.04. The molecule has 0 aromatic heterocycles. The number of hydrogen-bond acceptors (Lipinski definition) is 0. The van der Waals surface area contributed by atoms with Gasteiger partial charge in [-0.1, -0.05) is 103 Å². The van der Waals surface area contributed by atoms with Crippen molar-refractivity contribution in [2.24, 2.45) is 23.7 Å². The largest absolute Gasteiger partial charge is 0.0625 e. The van der Waals surface area contributed by atoms with E-state index < -0.39 is 0 Å². The molecule has 2 fully saturated rings. The van der Waals surface area contributed by atoms with Crippen LogP contribution in [-0.4, -0.2) is 0 Å². The molecule has 3 aliphatic rings. The third-order valence-corrected chi connectivity index (χ3v) is 10.1. The van der Waals surface area contributed by atoms with Crippen LogP contribution in [0.15, 0.2) is 95.5 Å². The first kappa shape index (κ1) is 22.5. The predicted octanol–water partition coefficient (Wildman–Crippen LogP) is 10.1. The number of fused-ring (bicyclic) bond motifs is 8. The zero-order chi connectivity index (χ0) is 24.4. The molecule has 0 nitrogen and oxygen atoms in total.